The summed E-state index contributed by atoms with van der Waals surface area (Å²) in [6, 6.07) is 9.67. The number of amides is 1. The summed E-state index contributed by atoms with van der Waals surface area (Å²) in [7, 11) is -0.532. The largest absolute Gasteiger partial charge is 0.497 e. The first kappa shape index (κ1) is 22.8. The first-order chi connectivity index (χ1) is 14.8. The number of hydrogen-bond donors (Lipinski definition) is 0. The maximum Gasteiger partial charge on any atom is 0.309 e. The van der Waals surface area contributed by atoms with E-state index in [-0.39, 0.29) is 37.0 Å². The van der Waals surface area contributed by atoms with Crippen molar-refractivity contribution in [1.29, 1.82) is 0 Å². The molecule has 2 aromatic rings. The number of piperidine rings is 1. The highest BCUT2D eigenvalue weighted by molar-refractivity contribution is 7.89. The van der Waals surface area contributed by atoms with Crippen LogP contribution in [0.1, 0.15) is 18.6 Å². The van der Waals surface area contributed by atoms with E-state index in [9.17, 15) is 18.0 Å². The van der Waals surface area contributed by atoms with Gasteiger partial charge < -0.3 is 18.8 Å². The summed E-state index contributed by atoms with van der Waals surface area (Å²) in [5, 5.41) is 0. The molecule has 0 radical (unpaired) electrons. The first-order valence-corrected chi connectivity index (χ1v) is 11.3. The number of carbonyl (C=O) groups excluding carboxylic acids is 2. The number of furan rings is 1. The average molecular weight is 451 g/mol. The molecule has 168 valence electrons. The monoisotopic (exact) mass is 450 g/mol. The maximum atomic E-state index is 12.8. The third kappa shape index (κ3) is 5.65. The number of likely N-dealkylation sites (N-methyl/N-ethyl adjacent to an activating group) is 1. The van der Waals surface area contributed by atoms with E-state index in [0.29, 0.717) is 24.4 Å². The molecule has 1 aromatic carbocycles. The number of methoxy groups -OCH3 is 1. The van der Waals surface area contributed by atoms with Gasteiger partial charge in [0.1, 0.15) is 11.5 Å². The van der Waals surface area contributed by atoms with Crippen molar-refractivity contribution in [3.05, 3.63) is 48.4 Å². The van der Waals surface area contributed by atoms with Crippen molar-refractivity contribution in [2.75, 3.05) is 33.9 Å². The number of benzene rings is 1. The summed E-state index contributed by atoms with van der Waals surface area (Å²) in [6.07, 6.45) is 2.20. The lowest BCUT2D eigenvalue weighted by Crippen LogP contribution is -2.41. The Bertz CT molecular complexity index is 979. The molecular weight excluding hydrogens is 424 g/mol. The molecule has 0 bridgehead atoms. The zero-order valence-electron chi connectivity index (χ0n) is 17.5. The molecule has 0 N–H and O–H groups in total. The predicted octanol–water partition coefficient (Wildman–Crippen LogP) is 1.89. The van der Waals surface area contributed by atoms with E-state index < -0.39 is 21.9 Å². The molecule has 0 spiro atoms. The van der Waals surface area contributed by atoms with Gasteiger partial charge in [-0.1, -0.05) is 0 Å². The second-order valence-corrected chi connectivity index (χ2v) is 9.23. The third-order valence-electron chi connectivity index (χ3n) is 5.22. The van der Waals surface area contributed by atoms with Gasteiger partial charge in [-0.25, -0.2) is 8.42 Å². The van der Waals surface area contributed by atoms with E-state index in [0.717, 1.165) is 0 Å². The van der Waals surface area contributed by atoms with Gasteiger partial charge in [0.15, 0.2) is 6.61 Å². The lowest BCUT2D eigenvalue weighted by atomic mass is 9.98. The zero-order chi connectivity index (χ0) is 22.4. The van der Waals surface area contributed by atoms with Gasteiger partial charge in [0, 0.05) is 20.1 Å². The Morgan fingerprint density at radius 2 is 1.84 bits per heavy atom. The second kappa shape index (κ2) is 9.97. The fourth-order valence-electron chi connectivity index (χ4n) is 3.31. The fourth-order valence-corrected chi connectivity index (χ4v) is 4.78. The Balaban J connectivity index is 1.47. The standard InChI is InChI=1S/C21H26N2O7S/c1-22(14-18-4-3-13-29-18)20(24)15-30-21(25)16-9-11-23(12-10-16)31(26,27)19-7-5-17(28-2)6-8-19/h3-8,13,16H,9-12,14-15H2,1-2H3. The molecular formula is C21H26N2O7S. The second-order valence-electron chi connectivity index (χ2n) is 7.29. The summed E-state index contributed by atoms with van der Waals surface area (Å²) in [4.78, 5) is 26.1. The predicted molar refractivity (Wildman–Crippen MR) is 111 cm³/mol. The van der Waals surface area contributed by atoms with E-state index >= 15 is 0 Å². The Hall–Kier alpha value is -2.85. The molecule has 9 nitrogen and oxygen atoms in total. The van der Waals surface area contributed by atoms with Crippen molar-refractivity contribution in [3.8, 4) is 5.75 Å². The zero-order valence-corrected chi connectivity index (χ0v) is 18.3. The molecule has 1 aliphatic heterocycles. The lowest BCUT2D eigenvalue weighted by Gasteiger charge is -2.30. The van der Waals surface area contributed by atoms with Crippen molar-refractivity contribution >= 4 is 21.9 Å². The van der Waals surface area contributed by atoms with Gasteiger partial charge in [-0.15, -0.1) is 0 Å². The van der Waals surface area contributed by atoms with Crippen LogP contribution in [0.3, 0.4) is 0 Å². The Morgan fingerprint density at radius 3 is 2.42 bits per heavy atom. The molecule has 1 saturated heterocycles. The fraction of sp³-hybridized carbons (Fsp3) is 0.429. The summed E-state index contributed by atoms with van der Waals surface area (Å²) in [5.74, 6) is -0.0617. The molecule has 0 atom stereocenters. The van der Waals surface area contributed by atoms with Gasteiger partial charge in [0.05, 0.1) is 30.7 Å². The molecule has 31 heavy (non-hydrogen) atoms. The van der Waals surface area contributed by atoms with Gasteiger partial charge in [-0.2, -0.15) is 4.31 Å². The Morgan fingerprint density at radius 1 is 1.16 bits per heavy atom. The molecule has 1 amide bonds. The van der Waals surface area contributed by atoms with Gasteiger partial charge >= 0.3 is 5.97 Å². The summed E-state index contributed by atoms with van der Waals surface area (Å²) >= 11 is 0. The lowest BCUT2D eigenvalue weighted by molar-refractivity contribution is -0.156. The minimum Gasteiger partial charge on any atom is -0.497 e. The SMILES string of the molecule is COc1ccc(S(=O)(=O)N2CCC(C(=O)OCC(=O)N(C)Cc3ccco3)CC2)cc1. The molecule has 1 aliphatic rings. The molecule has 1 aromatic heterocycles. The number of ether oxygens (including phenoxy) is 2. The van der Waals surface area contributed by atoms with Crippen LogP contribution in [0.15, 0.2) is 52.0 Å². The number of carbonyl (C=O) groups is 2. The number of rotatable bonds is 8. The number of sulfonamides is 1. The third-order valence-corrected chi connectivity index (χ3v) is 7.13. The highest BCUT2D eigenvalue weighted by atomic mass is 32.2. The van der Waals surface area contributed by atoms with E-state index in [1.165, 1.54) is 34.7 Å². The molecule has 3 rings (SSSR count). The van der Waals surface area contributed by atoms with Crippen molar-refractivity contribution in [2.45, 2.75) is 24.3 Å². The highest BCUT2D eigenvalue weighted by Crippen LogP contribution is 2.25. The van der Waals surface area contributed by atoms with Crippen LogP contribution in [-0.4, -0.2) is 63.4 Å². The van der Waals surface area contributed by atoms with Crippen LogP contribution in [0.4, 0.5) is 0 Å². The summed E-state index contributed by atoms with van der Waals surface area (Å²) in [5.41, 5.74) is 0. The maximum absolute atomic E-state index is 12.8. The van der Waals surface area contributed by atoms with Crippen LogP contribution in [-0.2, 0) is 30.9 Å². The van der Waals surface area contributed by atoms with Gasteiger partial charge in [-0.05, 0) is 49.2 Å². The summed E-state index contributed by atoms with van der Waals surface area (Å²) in [6.45, 7) is 0.340. The van der Waals surface area contributed by atoms with Crippen molar-refractivity contribution in [2.24, 2.45) is 5.92 Å². The number of nitrogens with zero attached hydrogens (tertiary/aromatic N) is 2. The van der Waals surface area contributed by atoms with Crippen LogP contribution < -0.4 is 4.74 Å². The summed E-state index contributed by atoms with van der Waals surface area (Å²) < 4.78 is 42.4. The van der Waals surface area contributed by atoms with Gasteiger partial charge in [0.2, 0.25) is 10.0 Å². The number of hydrogen-bond acceptors (Lipinski definition) is 7. The molecule has 10 heteroatoms. The normalized spacial score (nSPS) is 15.4. The molecule has 2 heterocycles. The van der Waals surface area contributed by atoms with E-state index in [1.807, 2.05) is 0 Å². The Labute approximate surface area is 181 Å². The van der Waals surface area contributed by atoms with E-state index in [2.05, 4.69) is 0 Å². The molecule has 1 fully saturated rings. The topological polar surface area (TPSA) is 106 Å². The molecule has 0 unspecified atom stereocenters. The average Bonchev–Trinajstić information content (AvgIpc) is 3.30. The van der Waals surface area contributed by atoms with Crippen LogP contribution in [0.2, 0.25) is 0 Å². The van der Waals surface area contributed by atoms with Crippen LogP contribution in [0.25, 0.3) is 0 Å². The van der Waals surface area contributed by atoms with Crippen molar-refractivity contribution < 1.29 is 31.9 Å². The quantitative estimate of drug-likeness (QED) is 0.566. The first-order valence-electron chi connectivity index (χ1n) is 9.88. The Kier molecular flexibility index (Phi) is 7.34. The van der Waals surface area contributed by atoms with E-state index in [1.54, 1.807) is 31.3 Å². The minimum absolute atomic E-state index is 0.180. The molecule has 0 aliphatic carbocycles. The van der Waals surface area contributed by atoms with Crippen LogP contribution in [0, 0.1) is 5.92 Å². The van der Waals surface area contributed by atoms with Crippen molar-refractivity contribution in [3.63, 3.8) is 0 Å². The van der Waals surface area contributed by atoms with Gasteiger partial charge in [-0.3, -0.25) is 9.59 Å². The smallest absolute Gasteiger partial charge is 0.309 e. The minimum atomic E-state index is -3.64. The number of esters is 1. The van der Waals surface area contributed by atoms with E-state index in [4.69, 9.17) is 13.9 Å². The van der Waals surface area contributed by atoms with Crippen molar-refractivity contribution in [1.82, 2.24) is 9.21 Å². The van der Waals surface area contributed by atoms with Gasteiger partial charge in [0.25, 0.3) is 5.91 Å². The van der Waals surface area contributed by atoms with Crippen LogP contribution >= 0.6 is 0 Å². The molecule has 0 saturated carbocycles. The van der Waals surface area contributed by atoms with Crippen LogP contribution in [0.5, 0.6) is 5.75 Å². The highest BCUT2D eigenvalue weighted by Gasteiger charge is 2.33.